The molecule has 0 bridgehead atoms. The first-order valence-electron chi connectivity index (χ1n) is 13.7. The standard InChI is InChI=1S/C31H37F3O6/c1-20(35)37-18-27-16-26(39-21(2)36)17-29(40-27)23-6-9-28(32)24(15-23)14-22-4-7-25(8-5-22)38-19-30(3)10-12-31(33,34)13-11-30/h4-9,15,26-27,29H,10-14,16-19H2,1-3H3. The topological polar surface area (TPSA) is 71.1 Å². The zero-order valence-corrected chi connectivity index (χ0v) is 23.2. The van der Waals surface area contributed by atoms with Gasteiger partial charge in [-0.3, -0.25) is 9.59 Å². The Morgan fingerprint density at radius 3 is 2.33 bits per heavy atom. The van der Waals surface area contributed by atoms with E-state index in [0.29, 0.717) is 50.0 Å². The lowest BCUT2D eigenvalue weighted by atomic mass is 9.75. The number of ether oxygens (including phenoxy) is 4. The predicted molar refractivity (Wildman–Crippen MR) is 142 cm³/mol. The second kappa shape index (κ2) is 12.6. The highest BCUT2D eigenvalue weighted by Gasteiger charge is 2.41. The van der Waals surface area contributed by atoms with Crippen LogP contribution in [-0.4, -0.2) is 43.3 Å². The van der Waals surface area contributed by atoms with Crippen LogP contribution in [0.25, 0.3) is 0 Å². The smallest absolute Gasteiger partial charge is 0.302 e. The van der Waals surface area contributed by atoms with Crippen LogP contribution in [0.5, 0.6) is 5.75 Å². The largest absolute Gasteiger partial charge is 0.493 e. The van der Waals surface area contributed by atoms with Crippen LogP contribution in [0.2, 0.25) is 0 Å². The molecule has 2 fully saturated rings. The van der Waals surface area contributed by atoms with Crippen molar-refractivity contribution in [2.45, 2.75) is 90.0 Å². The Morgan fingerprint density at radius 1 is 0.975 bits per heavy atom. The van der Waals surface area contributed by atoms with E-state index in [9.17, 15) is 22.8 Å². The molecule has 2 aromatic carbocycles. The Morgan fingerprint density at radius 2 is 1.68 bits per heavy atom. The molecule has 0 aromatic heterocycles. The van der Waals surface area contributed by atoms with Crippen molar-refractivity contribution in [2.75, 3.05) is 13.2 Å². The summed E-state index contributed by atoms with van der Waals surface area (Å²) in [6, 6.07) is 12.2. The monoisotopic (exact) mass is 562 g/mol. The lowest BCUT2D eigenvalue weighted by Gasteiger charge is -2.36. The first-order valence-corrected chi connectivity index (χ1v) is 13.7. The van der Waals surface area contributed by atoms with Crippen molar-refractivity contribution in [2.24, 2.45) is 5.41 Å². The molecular formula is C31H37F3O6. The SMILES string of the molecule is CC(=O)OCC1CC(OC(C)=O)CC(c2ccc(F)c(Cc3ccc(OCC4(C)CCC(F)(F)CC4)cc3)c2)O1. The number of alkyl halides is 2. The Labute approximate surface area is 233 Å². The van der Waals surface area contributed by atoms with E-state index >= 15 is 0 Å². The highest BCUT2D eigenvalue weighted by Crippen LogP contribution is 2.43. The predicted octanol–water partition coefficient (Wildman–Crippen LogP) is 6.73. The Kier molecular flexibility index (Phi) is 9.44. The minimum absolute atomic E-state index is 0.0394. The molecule has 218 valence electrons. The van der Waals surface area contributed by atoms with Crippen molar-refractivity contribution in [3.8, 4) is 5.75 Å². The first kappa shape index (κ1) is 29.9. The van der Waals surface area contributed by atoms with Crippen LogP contribution >= 0.6 is 0 Å². The van der Waals surface area contributed by atoms with Gasteiger partial charge >= 0.3 is 11.9 Å². The molecule has 1 heterocycles. The van der Waals surface area contributed by atoms with Crippen LogP contribution in [-0.2, 0) is 30.2 Å². The molecule has 0 radical (unpaired) electrons. The molecule has 2 aromatic rings. The molecule has 2 aliphatic rings. The summed E-state index contributed by atoms with van der Waals surface area (Å²) in [5.74, 6) is -3.12. The van der Waals surface area contributed by atoms with E-state index in [2.05, 4.69) is 0 Å². The average Bonchev–Trinajstić information content (AvgIpc) is 2.90. The maximum absolute atomic E-state index is 14.8. The van der Waals surface area contributed by atoms with Crippen LogP contribution in [0.3, 0.4) is 0 Å². The number of hydrogen-bond donors (Lipinski definition) is 0. The number of halogens is 3. The van der Waals surface area contributed by atoms with Gasteiger partial charge in [0.05, 0.1) is 18.8 Å². The van der Waals surface area contributed by atoms with E-state index in [4.69, 9.17) is 18.9 Å². The summed E-state index contributed by atoms with van der Waals surface area (Å²) in [7, 11) is 0. The molecule has 1 saturated heterocycles. The second-order valence-corrected chi connectivity index (χ2v) is 11.4. The summed E-state index contributed by atoms with van der Waals surface area (Å²) < 4.78 is 64.5. The molecule has 0 amide bonds. The highest BCUT2D eigenvalue weighted by atomic mass is 19.3. The molecular weight excluding hydrogens is 525 g/mol. The number of carbonyl (C=O) groups excluding carboxylic acids is 2. The van der Waals surface area contributed by atoms with E-state index in [1.807, 2.05) is 31.2 Å². The van der Waals surface area contributed by atoms with E-state index in [-0.39, 0.29) is 30.7 Å². The molecule has 4 rings (SSSR count). The van der Waals surface area contributed by atoms with Gasteiger partial charge in [0.2, 0.25) is 5.92 Å². The van der Waals surface area contributed by atoms with Crippen molar-refractivity contribution in [3.05, 3.63) is 65.0 Å². The van der Waals surface area contributed by atoms with Gasteiger partial charge in [-0.2, -0.15) is 0 Å². The number of rotatable bonds is 9. The van der Waals surface area contributed by atoms with Gasteiger partial charge in [0.25, 0.3) is 0 Å². The van der Waals surface area contributed by atoms with Crippen molar-refractivity contribution in [3.63, 3.8) is 0 Å². The lowest BCUT2D eigenvalue weighted by Crippen LogP contribution is -2.36. The summed E-state index contributed by atoms with van der Waals surface area (Å²) in [6.45, 7) is 5.05. The Balaban J connectivity index is 1.40. The summed E-state index contributed by atoms with van der Waals surface area (Å²) in [4.78, 5) is 22.9. The Hall–Kier alpha value is -3.07. The minimum atomic E-state index is -2.58. The fraction of sp³-hybridized carbons (Fsp3) is 0.548. The van der Waals surface area contributed by atoms with Gasteiger partial charge in [0.1, 0.15) is 24.3 Å². The summed E-state index contributed by atoms with van der Waals surface area (Å²) in [5.41, 5.74) is 1.82. The molecule has 40 heavy (non-hydrogen) atoms. The second-order valence-electron chi connectivity index (χ2n) is 11.4. The third-order valence-corrected chi connectivity index (χ3v) is 7.70. The van der Waals surface area contributed by atoms with Crippen LogP contribution in [0.15, 0.2) is 42.5 Å². The average molecular weight is 563 g/mol. The number of benzene rings is 2. The summed E-state index contributed by atoms with van der Waals surface area (Å²) in [5, 5.41) is 0. The van der Waals surface area contributed by atoms with E-state index in [1.165, 1.54) is 19.9 Å². The van der Waals surface area contributed by atoms with Crippen molar-refractivity contribution in [1.82, 2.24) is 0 Å². The fourth-order valence-corrected chi connectivity index (χ4v) is 5.31. The van der Waals surface area contributed by atoms with Gasteiger partial charge in [0, 0.05) is 51.4 Å². The maximum Gasteiger partial charge on any atom is 0.302 e. The van der Waals surface area contributed by atoms with Gasteiger partial charge in [0.15, 0.2) is 0 Å². The van der Waals surface area contributed by atoms with Crippen LogP contribution in [0.4, 0.5) is 13.2 Å². The molecule has 1 saturated carbocycles. The Bertz CT molecular complexity index is 1170. The molecule has 6 nitrogen and oxygen atoms in total. The minimum Gasteiger partial charge on any atom is -0.493 e. The van der Waals surface area contributed by atoms with Gasteiger partial charge in [-0.1, -0.05) is 25.1 Å². The number of hydrogen-bond acceptors (Lipinski definition) is 6. The van der Waals surface area contributed by atoms with Crippen molar-refractivity contribution < 1.29 is 41.7 Å². The van der Waals surface area contributed by atoms with Gasteiger partial charge in [-0.25, -0.2) is 13.2 Å². The molecule has 0 N–H and O–H groups in total. The highest BCUT2D eigenvalue weighted by molar-refractivity contribution is 5.66. The molecule has 3 atom stereocenters. The lowest BCUT2D eigenvalue weighted by molar-refractivity contribution is -0.169. The van der Waals surface area contributed by atoms with Crippen molar-refractivity contribution >= 4 is 11.9 Å². The van der Waals surface area contributed by atoms with Gasteiger partial charge in [-0.15, -0.1) is 0 Å². The summed E-state index contributed by atoms with van der Waals surface area (Å²) in [6.07, 6.45) is 0.430. The van der Waals surface area contributed by atoms with E-state index in [1.54, 1.807) is 12.1 Å². The van der Waals surface area contributed by atoms with Crippen molar-refractivity contribution in [1.29, 1.82) is 0 Å². The van der Waals surface area contributed by atoms with Crippen LogP contribution in [0.1, 0.15) is 82.1 Å². The van der Waals surface area contributed by atoms with Gasteiger partial charge < -0.3 is 18.9 Å². The third kappa shape index (κ3) is 8.46. The molecule has 9 heteroatoms. The molecule has 0 spiro atoms. The van der Waals surface area contributed by atoms with Crippen LogP contribution in [0, 0.1) is 11.2 Å². The van der Waals surface area contributed by atoms with E-state index in [0.717, 1.165) is 11.1 Å². The van der Waals surface area contributed by atoms with E-state index < -0.39 is 36.2 Å². The zero-order valence-electron chi connectivity index (χ0n) is 23.2. The van der Waals surface area contributed by atoms with Gasteiger partial charge in [-0.05, 0) is 53.8 Å². The quantitative estimate of drug-likeness (QED) is 0.316. The number of esters is 2. The van der Waals surface area contributed by atoms with Crippen LogP contribution < -0.4 is 4.74 Å². The fourth-order valence-electron chi connectivity index (χ4n) is 5.31. The third-order valence-electron chi connectivity index (χ3n) is 7.70. The maximum atomic E-state index is 14.8. The molecule has 1 aliphatic heterocycles. The summed E-state index contributed by atoms with van der Waals surface area (Å²) >= 11 is 0. The first-order chi connectivity index (χ1) is 18.9. The number of carbonyl (C=O) groups is 2. The molecule has 3 unspecified atom stereocenters. The zero-order chi connectivity index (χ0) is 28.9. The molecule has 1 aliphatic carbocycles. The normalized spacial score (nSPS) is 23.7.